The average Bonchev–Trinajstić information content (AvgIpc) is 3.10. The van der Waals surface area contributed by atoms with Crippen molar-refractivity contribution in [2.24, 2.45) is 11.7 Å². The van der Waals surface area contributed by atoms with Crippen LogP contribution >= 0.6 is 0 Å². The Morgan fingerprint density at radius 1 is 1.35 bits per heavy atom. The third-order valence-electron chi connectivity index (χ3n) is 4.61. The van der Waals surface area contributed by atoms with E-state index in [1.54, 1.807) is 25.7 Å². The van der Waals surface area contributed by atoms with Gasteiger partial charge in [0.2, 0.25) is 0 Å². The number of carboxylic acids is 1. The molecule has 7 nitrogen and oxygen atoms in total. The molecule has 7 heteroatoms. The van der Waals surface area contributed by atoms with E-state index in [1.807, 2.05) is 30.3 Å². The molecule has 3 rings (SSSR count). The number of ether oxygens (including phenoxy) is 1. The first-order chi connectivity index (χ1) is 12.2. The van der Waals surface area contributed by atoms with Crippen molar-refractivity contribution in [3.8, 4) is 0 Å². The largest absolute Gasteiger partial charge is 0.480 e. The Kier molecular flexibility index (Phi) is 4.77. The van der Waals surface area contributed by atoms with Crippen molar-refractivity contribution in [1.82, 2.24) is 9.88 Å². The third-order valence-corrected chi connectivity index (χ3v) is 4.61. The summed E-state index contributed by atoms with van der Waals surface area (Å²) in [4.78, 5) is 29.2. The van der Waals surface area contributed by atoms with Gasteiger partial charge in [-0.25, -0.2) is 0 Å². The lowest BCUT2D eigenvalue weighted by molar-refractivity contribution is -0.161. The zero-order valence-electron chi connectivity index (χ0n) is 15.2. The fourth-order valence-corrected chi connectivity index (χ4v) is 3.47. The van der Waals surface area contributed by atoms with Gasteiger partial charge >= 0.3 is 11.9 Å². The lowest BCUT2D eigenvalue weighted by atomic mass is 10.1. The first kappa shape index (κ1) is 18.4. The number of likely N-dealkylation sites (tertiary alicyclic amines) is 1. The lowest BCUT2D eigenvalue weighted by Crippen LogP contribution is -2.47. The maximum Gasteiger partial charge on any atom is 0.327 e. The van der Waals surface area contributed by atoms with Gasteiger partial charge in [-0.1, -0.05) is 18.2 Å². The first-order valence-corrected chi connectivity index (χ1v) is 8.72. The molecular weight excluding hydrogens is 334 g/mol. The van der Waals surface area contributed by atoms with E-state index in [2.05, 4.69) is 4.98 Å². The highest BCUT2D eigenvalue weighted by atomic mass is 16.6. The van der Waals surface area contributed by atoms with Crippen LogP contribution in [0.3, 0.4) is 0 Å². The van der Waals surface area contributed by atoms with Gasteiger partial charge in [-0.2, -0.15) is 0 Å². The van der Waals surface area contributed by atoms with Crippen LogP contribution < -0.4 is 5.73 Å². The molecule has 1 aliphatic rings. The minimum atomic E-state index is -1.00. The lowest BCUT2D eigenvalue weighted by Gasteiger charge is -2.30. The number of nitrogens with one attached hydrogen (secondary N) is 1. The van der Waals surface area contributed by atoms with Gasteiger partial charge in [0.05, 0.1) is 12.1 Å². The molecule has 2 heterocycles. The highest BCUT2D eigenvalue weighted by molar-refractivity contribution is 5.84. The molecule has 2 aromatic rings. The van der Waals surface area contributed by atoms with Crippen LogP contribution in [0.2, 0.25) is 0 Å². The van der Waals surface area contributed by atoms with Gasteiger partial charge in [-0.3, -0.25) is 14.5 Å². The van der Waals surface area contributed by atoms with Crippen molar-refractivity contribution in [1.29, 1.82) is 0 Å². The molecule has 4 N–H and O–H groups in total. The van der Waals surface area contributed by atoms with Crippen LogP contribution in [0.15, 0.2) is 30.3 Å². The zero-order chi connectivity index (χ0) is 19.1. The fourth-order valence-electron chi connectivity index (χ4n) is 3.47. The minimum absolute atomic E-state index is 0.381. The third kappa shape index (κ3) is 3.59. The molecule has 0 amide bonds. The number of aromatic amines is 1. The molecule has 0 radical (unpaired) electrons. The number of carbonyl (C=O) groups is 2. The van der Waals surface area contributed by atoms with Crippen LogP contribution in [0.5, 0.6) is 0 Å². The molecule has 1 saturated heterocycles. The number of para-hydroxylation sites is 1. The molecule has 0 unspecified atom stereocenters. The molecule has 140 valence electrons. The SMILES string of the molecule is CC(C)(C)OC(=O)[C@@H]1CCN([C@H](C(=O)O)c2cc3ccccc3[nH]2)[C@H]1N. The average molecular weight is 359 g/mol. The molecule has 1 aromatic heterocycles. The highest BCUT2D eigenvalue weighted by Gasteiger charge is 2.44. The standard InChI is InChI=1S/C19H25N3O4/c1-19(2,3)26-18(25)12-8-9-22(16(12)20)15(17(23)24)14-10-11-6-4-5-7-13(11)21-14/h4-7,10,12,15-16,21H,8-9,20H2,1-3H3,(H,23,24)/t12-,15+,16-/m1/s1. The summed E-state index contributed by atoms with van der Waals surface area (Å²) < 4.78 is 5.43. The smallest absolute Gasteiger partial charge is 0.327 e. The Morgan fingerprint density at radius 3 is 2.65 bits per heavy atom. The Morgan fingerprint density at radius 2 is 2.04 bits per heavy atom. The number of aromatic nitrogens is 1. The molecular formula is C19H25N3O4. The molecule has 1 fully saturated rings. The maximum atomic E-state index is 12.4. The van der Waals surface area contributed by atoms with E-state index >= 15 is 0 Å². The Labute approximate surface area is 152 Å². The van der Waals surface area contributed by atoms with Crippen LogP contribution in [-0.4, -0.2) is 45.2 Å². The molecule has 1 aliphatic heterocycles. The highest BCUT2D eigenvalue weighted by Crippen LogP contribution is 2.33. The van der Waals surface area contributed by atoms with Crippen LogP contribution in [0.1, 0.15) is 38.9 Å². The van der Waals surface area contributed by atoms with Crippen molar-refractivity contribution in [3.63, 3.8) is 0 Å². The fraction of sp³-hybridized carbons (Fsp3) is 0.474. The number of benzene rings is 1. The number of aliphatic carboxylic acids is 1. The van der Waals surface area contributed by atoms with Crippen LogP contribution in [0.4, 0.5) is 0 Å². The second kappa shape index (κ2) is 6.74. The monoisotopic (exact) mass is 359 g/mol. The van der Waals surface area contributed by atoms with Gasteiger partial charge in [-0.15, -0.1) is 0 Å². The number of H-pyrrole nitrogens is 1. The number of rotatable bonds is 4. The topological polar surface area (TPSA) is 109 Å². The summed E-state index contributed by atoms with van der Waals surface area (Å²) in [7, 11) is 0. The van der Waals surface area contributed by atoms with E-state index in [1.165, 1.54) is 0 Å². The molecule has 3 atom stereocenters. The van der Waals surface area contributed by atoms with Crippen LogP contribution in [-0.2, 0) is 14.3 Å². The first-order valence-electron chi connectivity index (χ1n) is 8.72. The molecule has 0 aliphatic carbocycles. The van der Waals surface area contributed by atoms with Crippen LogP contribution in [0.25, 0.3) is 10.9 Å². The number of nitrogens with zero attached hydrogens (tertiary/aromatic N) is 1. The van der Waals surface area contributed by atoms with Gasteiger partial charge < -0.3 is 20.6 Å². The molecule has 1 aromatic carbocycles. The molecule has 26 heavy (non-hydrogen) atoms. The van der Waals surface area contributed by atoms with E-state index in [0.717, 1.165) is 10.9 Å². The van der Waals surface area contributed by atoms with E-state index in [-0.39, 0.29) is 5.97 Å². The van der Waals surface area contributed by atoms with E-state index < -0.39 is 29.7 Å². The van der Waals surface area contributed by atoms with Gasteiger partial charge in [0.15, 0.2) is 0 Å². The summed E-state index contributed by atoms with van der Waals surface area (Å²) in [6.07, 6.45) is -0.238. The van der Waals surface area contributed by atoms with Crippen LogP contribution in [0, 0.1) is 5.92 Å². The maximum absolute atomic E-state index is 12.4. The molecule has 0 saturated carbocycles. The van der Waals surface area contributed by atoms with Crippen molar-refractivity contribution >= 4 is 22.8 Å². The summed E-state index contributed by atoms with van der Waals surface area (Å²) >= 11 is 0. The van der Waals surface area contributed by atoms with Gasteiger partial charge in [-0.05, 0) is 44.7 Å². The predicted octanol–water partition coefficient (Wildman–Crippen LogP) is 2.24. The van der Waals surface area contributed by atoms with Gasteiger partial charge in [0.25, 0.3) is 0 Å². The van der Waals surface area contributed by atoms with Gasteiger partial charge in [0, 0.05) is 17.8 Å². The second-order valence-corrected chi connectivity index (χ2v) is 7.71. The second-order valence-electron chi connectivity index (χ2n) is 7.71. The minimum Gasteiger partial charge on any atom is -0.480 e. The number of hydrogen-bond acceptors (Lipinski definition) is 5. The summed E-state index contributed by atoms with van der Waals surface area (Å²) in [6, 6.07) is 8.48. The van der Waals surface area contributed by atoms with Gasteiger partial charge in [0.1, 0.15) is 11.6 Å². The summed E-state index contributed by atoms with van der Waals surface area (Å²) in [5.41, 5.74) is 7.08. The normalized spacial score (nSPS) is 22.5. The number of nitrogens with two attached hydrogens (primary N) is 1. The van der Waals surface area contributed by atoms with E-state index in [0.29, 0.717) is 18.7 Å². The van der Waals surface area contributed by atoms with E-state index in [4.69, 9.17) is 10.5 Å². The number of carboxylic acid groups (broad SMARTS) is 1. The van der Waals surface area contributed by atoms with Crippen molar-refractivity contribution in [3.05, 3.63) is 36.0 Å². The number of fused-ring (bicyclic) bond motifs is 1. The summed E-state index contributed by atoms with van der Waals surface area (Å²) in [6.45, 7) is 5.81. The Bertz CT molecular complexity index is 791. The van der Waals surface area contributed by atoms with Crippen molar-refractivity contribution < 1.29 is 19.4 Å². The number of hydrogen-bond donors (Lipinski definition) is 3. The number of carbonyl (C=O) groups excluding carboxylic acids is 1. The van der Waals surface area contributed by atoms with E-state index in [9.17, 15) is 14.7 Å². The number of esters is 1. The quantitative estimate of drug-likeness (QED) is 0.723. The summed E-state index contributed by atoms with van der Waals surface area (Å²) in [5, 5.41) is 10.7. The van der Waals surface area contributed by atoms with Crippen molar-refractivity contribution in [2.75, 3.05) is 6.54 Å². The molecule has 0 spiro atoms. The molecule has 0 bridgehead atoms. The Hall–Kier alpha value is -2.38. The predicted molar refractivity (Wildman–Crippen MR) is 97.3 cm³/mol. The summed E-state index contributed by atoms with van der Waals surface area (Å²) in [5.74, 6) is -1.93. The zero-order valence-corrected chi connectivity index (χ0v) is 15.2. The Balaban J connectivity index is 1.85. The van der Waals surface area contributed by atoms with Crippen molar-refractivity contribution in [2.45, 2.75) is 45.0 Å².